The largest absolute Gasteiger partial charge is 0.481 e. The van der Waals surface area contributed by atoms with Gasteiger partial charge in [-0.05, 0) is 42.7 Å². The van der Waals surface area contributed by atoms with Crippen molar-refractivity contribution in [3.05, 3.63) is 29.8 Å². The van der Waals surface area contributed by atoms with Crippen LogP contribution in [0.5, 0.6) is 5.75 Å². The second-order valence-electron chi connectivity index (χ2n) is 4.47. The summed E-state index contributed by atoms with van der Waals surface area (Å²) >= 11 is 0. The van der Waals surface area contributed by atoms with Crippen molar-refractivity contribution in [2.75, 3.05) is 0 Å². The van der Waals surface area contributed by atoms with Gasteiger partial charge in [-0.1, -0.05) is 13.3 Å². The van der Waals surface area contributed by atoms with Gasteiger partial charge in [0, 0.05) is 18.6 Å². The summed E-state index contributed by atoms with van der Waals surface area (Å²) in [5, 5.41) is 16.3. The van der Waals surface area contributed by atoms with Gasteiger partial charge in [-0.15, -0.1) is 0 Å². The molecule has 1 aromatic rings. The van der Waals surface area contributed by atoms with Gasteiger partial charge in [-0.2, -0.15) is 0 Å². The second-order valence-corrected chi connectivity index (χ2v) is 4.47. The van der Waals surface area contributed by atoms with Crippen molar-refractivity contribution in [1.29, 1.82) is 5.41 Å². The predicted octanol–water partition coefficient (Wildman–Crippen LogP) is 3.01. The number of carbonyl (C=O) groups is 2. The standard InChI is InChI=1S/C15H19NO4/c1-2-4-13(16)11-7-9-12(10-8-11)20-15(19)6-3-5-14(17)18/h7-10,16H,2-6H2,1H3,(H,17,18). The predicted molar refractivity (Wildman–Crippen MR) is 75.3 cm³/mol. The van der Waals surface area contributed by atoms with Crippen molar-refractivity contribution in [2.45, 2.75) is 39.0 Å². The monoisotopic (exact) mass is 277 g/mol. The molecule has 0 heterocycles. The number of benzene rings is 1. The zero-order valence-corrected chi connectivity index (χ0v) is 11.5. The first-order valence-corrected chi connectivity index (χ1v) is 6.63. The van der Waals surface area contributed by atoms with Crippen molar-refractivity contribution in [1.82, 2.24) is 0 Å². The number of ether oxygens (including phenoxy) is 1. The maximum atomic E-state index is 11.5. The van der Waals surface area contributed by atoms with E-state index in [0.29, 0.717) is 17.9 Å². The number of rotatable bonds is 8. The van der Waals surface area contributed by atoms with Crippen LogP contribution in [0.1, 0.15) is 44.6 Å². The highest BCUT2D eigenvalue weighted by molar-refractivity contribution is 5.98. The average Bonchev–Trinajstić information content (AvgIpc) is 2.39. The van der Waals surface area contributed by atoms with Gasteiger partial charge in [0.15, 0.2) is 0 Å². The van der Waals surface area contributed by atoms with Gasteiger partial charge in [-0.25, -0.2) is 0 Å². The molecule has 0 aliphatic carbocycles. The molecule has 20 heavy (non-hydrogen) atoms. The van der Waals surface area contributed by atoms with Crippen molar-refractivity contribution < 1.29 is 19.4 Å². The van der Waals surface area contributed by atoms with Crippen molar-refractivity contribution in [3.8, 4) is 5.75 Å². The molecule has 0 aromatic heterocycles. The average molecular weight is 277 g/mol. The Morgan fingerprint density at radius 3 is 2.35 bits per heavy atom. The number of carboxylic acid groups (broad SMARTS) is 1. The van der Waals surface area contributed by atoms with E-state index in [1.807, 2.05) is 6.92 Å². The maximum absolute atomic E-state index is 11.5. The third kappa shape index (κ3) is 5.65. The number of esters is 1. The molecule has 0 spiro atoms. The minimum atomic E-state index is -0.920. The van der Waals surface area contributed by atoms with E-state index in [1.165, 1.54) is 0 Å². The van der Waals surface area contributed by atoms with Crippen LogP contribution >= 0.6 is 0 Å². The fraction of sp³-hybridized carbons (Fsp3) is 0.400. The Kier molecular flexibility index (Phi) is 6.43. The summed E-state index contributed by atoms with van der Waals surface area (Å²) in [6, 6.07) is 6.79. The molecule has 5 heteroatoms. The second kappa shape index (κ2) is 8.09. The summed E-state index contributed by atoms with van der Waals surface area (Å²) in [5.74, 6) is -0.947. The van der Waals surface area contributed by atoms with Crippen LogP contribution in [0.2, 0.25) is 0 Å². The minimum Gasteiger partial charge on any atom is -0.481 e. The lowest BCUT2D eigenvalue weighted by atomic mass is 10.1. The Bertz CT molecular complexity index is 479. The first-order valence-electron chi connectivity index (χ1n) is 6.63. The fourth-order valence-electron chi connectivity index (χ4n) is 1.68. The number of hydrogen-bond donors (Lipinski definition) is 2. The van der Waals surface area contributed by atoms with Crippen molar-refractivity contribution in [2.24, 2.45) is 0 Å². The smallest absolute Gasteiger partial charge is 0.311 e. The molecule has 0 bridgehead atoms. The van der Waals surface area contributed by atoms with Crippen LogP contribution in [-0.4, -0.2) is 22.8 Å². The van der Waals surface area contributed by atoms with Crippen LogP contribution in [0, 0.1) is 5.41 Å². The van der Waals surface area contributed by atoms with Crippen molar-refractivity contribution >= 4 is 17.7 Å². The molecule has 5 nitrogen and oxygen atoms in total. The SMILES string of the molecule is CCCC(=N)c1ccc(OC(=O)CCCC(=O)O)cc1. The van der Waals surface area contributed by atoms with Crippen LogP contribution in [0.25, 0.3) is 0 Å². The van der Waals surface area contributed by atoms with Crippen LogP contribution in [0.15, 0.2) is 24.3 Å². The van der Waals surface area contributed by atoms with E-state index in [2.05, 4.69) is 0 Å². The lowest BCUT2D eigenvalue weighted by molar-refractivity contribution is -0.137. The molecular formula is C15H19NO4. The van der Waals surface area contributed by atoms with E-state index in [9.17, 15) is 9.59 Å². The molecule has 0 radical (unpaired) electrons. The first-order chi connectivity index (χ1) is 9.52. The molecule has 2 N–H and O–H groups in total. The molecule has 1 rings (SSSR count). The van der Waals surface area contributed by atoms with Gasteiger partial charge in [0.05, 0.1) is 0 Å². The summed E-state index contributed by atoms with van der Waals surface area (Å²) in [7, 11) is 0. The zero-order chi connectivity index (χ0) is 15.0. The minimum absolute atomic E-state index is 0.0395. The Hall–Kier alpha value is -2.17. The van der Waals surface area contributed by atoms with E-state index in [4.69, 9.17) is 15.3 Å². The number of hydrogen-bond acceptors (Lipinski definition) is 4. The van der Waals surface area contributed by atoms with Gasteiger partial charge < -0.3 is 15.3 Å². The molecule has 0 saturated carbocycles. The van der Waals surface area contributed by atoms with E-state index in [1.54, 1.807) is 24.3 Å². The number of nitrogens with one attached hydrogen (secondary N) is 1. The molecule has 0 atom stereocenters. The highest BCUT2D eigenvalue weighted by Crippen LogP contribution is 2.15. The summed E-state index contributed by atoms with van der Waals surface area (Å²) in [5.41, 5.74) is 1.38. The van der Waals surface area contributed by atoms with Gasteiger partial charge in [0.2, 0.25) is 0 Å². The Balaban J connectivity index is 2.46. The molecule has 0 aliphatic rings. The van der Waals surface area contributed by atoms with Gasteiger partial charge >= 0.3 is 11.9 Å². The third-order valence-electron chi connectivity index (χ3n) is 2.71. The molecule has 0 saturated heterocycles. The summed E-state index contributed by atoms with van der Waals surface area (Å²) in [4.78, 5) is 21.8. The molecule has 0 unspecified atom stereocenters. The summed E-state index contributed by atoms with van der Waals surface area (Å²) in [6.07, 6.45) is 1.95. The Morgan fingerprint density at radius 2 is 1.80 bits per heavy atom. The summed E-state index contributed by atoms with van der Waals surface area (Å²) < 4.78 is 5.09. The molecule has 108 valence electrons. The number of aliphatic carboxylic acids is 1. The maximum Gasteiger partial charge on any atom is 0.311 e. The molecule has 1 aromatic carbocycles. The number of carboxylic acids is 1. The van der Waals surface area contributed by atoms with E-state index >= 15 is 0 Å². The van der Waals surface area contributed by atoms with Crippen LogP contribution in [0.3, 0.4) is 0 Å². The molecule has 0 amide bonds. The zero-order valence-electron chi connectivity index (χ0n) is 11.5. The highest BCUT2D eigenvalue weighted by Gasteiger charge is 2.07. The molecule has 0 fully saturated rings. The van der Waals surface area contributed by atoms with Crippen LogP contribution in [-0.2, 0) is 9.59 Å². The van der Waals surface area contributed by atoms with Gasteiger partial charge in [0.1, 0.15) is 5.75 Å². The quantitative estimate of drug-likeness (QED) is 0.434. The number of carbonyl (C=O) groups excluding carboxylic acids is 1. The van der Waals surface area contributed by atoms with Crippen LogP contribution in [0.4, 0.5) is 0 Å². The lowest BCUT2D eigenvalue weighted by Gasteiger charge is -2.06. The summed E-state index contributed by atoms with van der Waals surface area (Å²) in [6.45, 7) is 2.02. The Labute approximate surface area is 118 Å². The molecular weight excluding hydrogens is 258 g/mol. The third-order valence-corrected chi connectivity index (χ3v) is 2.71. The van der Waals surface area contributed by atoms with Crippen molar-refractivity contribution in [3.63, 3.8) is 0 Å². The van der Waals surface area contributed by atoms with E-state index in [-0.39, 0.29) is 19.3 Å². The topological polar surface area (TPSA) is 87.5 Å². The normalized spacial score (nSPS) is 10.1. The van der Waals surface area contributed by atoms with E-state index < -0.39 is 11.9 Å². The fourth-order valence-corrected chi connectivity index (χ4v) is 1.68. The van der Waals surface area contributed by atoms with Gasteiger partial charge in [-0.3, -0.25) is 9.59 Å². The van der Waals surface area contributed by atoms with E-state index in [0.717, 1.165) is 12.0 Å². The first kappa shape index (κ1) is 15.9. The lowest BCUT2D eigenvalue weighted by Crippen LogP contribution is -2.09. The Morgan fingerprint density at radius 1 is 1.15 bits per heavy atom. The highest BCUT2D eigenvalue weighted by atomic mass is 16.5. The van der Waals surface area contributed by atoms with Gasteiger partial charge in [0.25, 0.3) is 0 Å². The van der Waals surface area contributed by atoms with Crippen LogP contribution < -0.4 is 4.74 Å². The molecule has 0 aliphatic heterocycles.